The molecular weight excluding hydrogens is 274 g/mol. The lowest BCUT2D eigenvalue weighted by Gasteiger charge is -2.39. The molecule has 0 aliphatic carbocycles. The Hall–Kier alpha value is -0.980. The van der Waals surface area contributed by atoms with E-state index in [0.29, 0.717) is 12.3 Å². The number of aryl methyl sites for hydroxylation is 1. The van der Waals surface area contributed by atoms with Crippen molar-refractivity contribution in [2.45, 2.75) is 33.2 Å². The minimum atomic E-state index is -0.316. The standard InChI is InChI=1S/C14H23N3O2S/c1-5-19-12(18)11-10(2)20-13(16-11)14(3,4)17-8-6-15-7-9-17/h15H,5-9H2,1-4H3. The summed E-state index contributed by atoms with van der Waals surface area (Å²) < 4.78 is 5.06. The Morgan fingerprint density at radius 3 is 2.70 bits per heavy atom. The van der Waals surface area contributed by atoms with E-state index in [4.69, 9.17) is 4.74 Å². The quantitative estimate of drug-likeness (QED) is 0.858. The third-order valence-electron chi connectivity index (χ3n) is 3.70. The molecule has 1 saturated heterocycles. The van der Waals surface area contributed by atoms with Crippen LogP contribution in [0.3, 0.4) is 0 Å². The van der Waals surface area contributed by atoms with Crippen LogP contribution in [-0.2, 0) is 10.3 Å². The van der Waals surface area contributed by atoms with Crippen molar-refractivity contribution in [3.63, 3.8) is 0 Å². The number of ether oxygens (including phenoxy) is 1. The van der Waals surface area contributed by atoms with Crippen LogP contribution in [0.15, 0.2) is 0 Å². The highest BCUT2D eigenvalue weighted by molar-refractivity contribution is 7.12. The molecule has 1 fully saturated rings. The molecule has 1 aromatic heterocycles. The van der Waals surface area contributed by atoms with Crippen LogP contribution in [0.5, 0.6) is 0 Å². The van der Waals surface area contributed by atoms with Gasteiger partial charge in [0.15, 0.2) is 5.69 Å². The van der Waals surface area contributed by atoms with E-state index in [9.17, 15) is 4.79 Å². The van der Waals surface area contributed by atoms with Crippen molar-refractivity contribution in [3.05, 3.63) is 15.6 Å². The number of thiazole rings is 1. The van der Waals surface area contributed by atoms with E-state index in [1.54, 1.807) is 11.3 Å². The van der Waals surface area contributed by atoms with E-state index in [0.717, 1.165) is 36.1 Å². The second kappa shape index (κ2) is 6.20. The normalized spacial score (nSPS) is 17.2. The fraction of sp³-hybridized carbons (Fsp3) is 0.714. The summed E-state index contributed by atoms with van der Waals surface area (Å²) in [5.74, 6) is -0.316. The predicted molar refractivity (Wildman–Crippen MR) is 80.3 cm³/mol. The van der Waals surface area contributed by atoms with Crippen molar-refractivity contribution in [2.75, 3.05) is 32.8 Å². The van der Waals surface area contributed by atoms with Crippen LogP contribution in [0.25, 0.3) is 0 Å². The molecule has 0 unspecified atom stereocenters. The van der Waals surface area contributed by atoms with Crippen molar-refractivity contribution in [2.24, 2.45) is 0 Å². The lowest BCUT2D eigenvalue weighted by Crippen LogP contribution is -2.51. The van der Waals surface area contributed by atoms with Crippen molar-refractivity contribution >= 4 is 17.3 Å². The summed E-state index contributed by atoms with van der Waals surface area (Å²) in [7, 11) is 0. The summed E-state index contributed by atoms with van der Waals surface area (Å²) in [5, 5.41) is 4.34. The molecule has 5 nitrogen and oxygen atoms in total. The van der Waals surface area contributed by atoms with E-state index in [-0.39, 0.29) is 11.5 Å². The molecule has 2 rings (SSSR count). The molecule has 0 atom stereocenters. The van der Waals surface area contributed by atoms with Gasteiger partial charge in [0, 0.05) is 31.1 Å². The zero-order chi connectivity index (χ0) is 14.8. The van der Waals surface area contributed by atoms with Gasteiger partial charge in [-0.1, -0.05) is 0 Å². The number of nitrogens with one attached hydrogen (secondary N) is 1. The lowest BCUT2D eigenvalue weighted by molar-refractivity contribution is 0.0517. The maximum atomic E-state index is 11.9. The Labute approximate surface area is 124 Å². The second-order valence-corrected chi connectivity index (χ2v) is 6.64. The number of rotatable bonds is 4. The molecule has 0 aromatic carbocycles. The number of aromatic nitrogens is 1. The Morgan fingerprint density at radius 1 is 1.45 bits per heavy atom. The van der Waals surface area contributed by atoms with Gasteiger partial charge in [0.05, 0.1) is 12.1 Å². The number of esters is 1. The second-order valence-electron chi connectivity index (χ2n) is 5.44. The summed E-state index contributed by atoms with van der Waals surface area (Å²) in [4.78, 5) is 19.8. The molecule has 1 aromatic rings. The van der Waals surface area contributed by atoms with Crippen LogP contribution >= 0.6 is 11.3 Å². The molecule has 112 valence electrons. The van der Waals surface area contributed by atoms with Crippen molar-refractivity contribution < 1.29 is 9.53 Å². The number of hydrogen-bond acceptors (Lipinski definition) is 6. The number of hydrogen-bond donors (Lipinski definition) is 1. The summed E-state index contributed by atoms with van der Waals surface area (Å²) in [6, 6.07) is 0. The largest absolute Gasteiger partial charge is 0.461 e. The molecule has 1 aliphatic heterocycles. The summed E-state index contributed by atoms with van der Waals surface area (Å²) in [6.45, 7) is 12.5. The first-order valence-corrected chi connectivity index (χ1v) is 7.89. The maximum absolute atomic E-state index is 11.9. The van der Waals surface area contributed by atoms with Gasteiger partial charge in [-0.05, 0) is 27.7 Å². The molecule has 0 spiro atoms. The molecule has 2 heterocycles. The highest BCUT2D eigenvalue weighted by atomic mass is 32.1. The number of carbonyl (C=O) groups excluding carboxylic acids is 1. The Balaban J connectivity index is 2.23. The fourth-order valence-electron chi connectivity index (χ4n) is 2.41. The van der Waals surface area contributed by atoms with Gasteiger partial charge in [-0.3, -0.25) is 4.90 Å². The smallest absolute Gasteiger partial charge is 0.358 e. The monoisotopic (exact) mass is 297 g/mol. The summed E-state index contributed by atoms with van der Waals surface area (Å²) in [5.41, 5.74) is 0.317. The molecule has 0 bridgehead atoms. The van der Waals surface area contributed by atoms with E-state index in [1.807, 2.05) is 13.8 Å². The van der Waals surface area contributed by atoms with Crippen molar-refractivity contribution in [1.29, 1.82) is 0 Å². The number of carbonyl (C=O) groups is 1. The van der Waals surface area contributed by atoms with E-state index in [1.165, 1.54) is 0 Å². The lowest BCUT2D eigenvalue weighted by atomic mass is 10.0. The van der Waals surface area contributed by atoms with Crippen LogP contribution in [0.2, 0.25) is 0 Å². The first-order valence-electron chi connectivity index (χ1n) is 7.07. The van der Waals surface area contributed by atoms with Crippen LogP contribution in [0.4, 0.5) is 0 Å². The van der Waals surface area contributed by atoms with Gasteiger partial charge < -0.3 is 10.1 Å². The van der Waals surface area contributed by atoms with Gasteiger partial charge in [-0.2, -0.15) is 0 Å². The van der Waals surface area contributed by atoms with E-state index in [2.05, 4.69) is 29.0 Å². The third kappa shape index (κ3) is 3.02. The first-order chi connectivity index (χ1) is 9.46. The SMILES string of the molecule is CCOC(=O)c1nc(C(C)(C)N2CCNCC2)sc1C. The number of nitrogens with zero attached hydrogens (tertiary/aromatic N) is 2. The predicted octanol–water partition coefficient (Wildman–Crippen LogP) is 1.77. The molecule has 1 aliphatic rings. The van der Waals surface area contributed by atoms with Crippen LogP contribution in [0.1, 0.15) is 41.1 Å². The first kappa shape index (κ1) is 15.4. The Kier molecular flexibility index (Phi) is 4.78. The summed E-state index contributed by atoms with van der Waals surface area (Å²) in [6.07, 6.45) is 0. The van der Waals surface area contributed by atoms with Crippen LogP contribution in [-0.4, -0.2) is 48.6 Å². The number of piperazine rings is 1. The zero-order valence-corrected chi connectivity index (χ0v) is 13.5. The Morgan fingerprint density at radius 2 is 2.10 bits per heavy atom. The zero-order valence-electron chi connectivity index (χ0n) is 12.7. The van der Waals surface area contributed by atoms with Crippen molar-refractivity contribution in [1.82, 2.24) is 15.2 Å². The fourth-order valence-corrected chi connectivity index (χ4v) is 3.44. The minimum Gasteiger partial charge on any atom is -0.461 e. The van der Waals surface area contributed by atoms with Gasteiger partial charge in [0.2, 0.25) is 0 Å². The topological polar surface area (TPSA) is 54.5 Å². The Bertz CT molecular complexity index is 479. The van der Waals surface area contributed by atoms with Gasteiger partial charge in [-0.25, -0.2) is 9.78 Å². The van der Waals surface area contributed by atoms with Gasteiger partial charge >= 0.3 is 5.97 Å². The summed E-state index contributed by atoms with van der Waals surface area (Å²) >= 11 is 1.60. The molecule has 0 radical (unpaired) electrons. The van der Waals surface area contributed by atoms with Gasteiger partial charge in [-0.15, -0.1) is 11.3 Å². The van der Waals surface area contributed by atoms with Crippen molar-refractivity contribution in [3.8, 4) is 0 Å². The highest BCUT2D eigenvalue weighted by Gasteiger charge is 2.34. The molecule has 0 amide bonds. The minimum absolute atomic E-state index is 0.151. The molecule has 6 heteroatoms. The maximum Gasteiger partial charge on any atom is 0.358 e. The third-order valence-corrected chi connectivity index (χ3v) is 4.98. The van der Waals surface area contributed by atoms with E-state index >= 15 is 0 Å². The molecule has 20 heavy (non-hydrogen) atoms. The van der Waals surface area contributed by atoms with E-state index < -0.39 is 0 Å². The molecule has 0 saturated carbocycles. The van der Waals surface area contributed by atoms with Gasteiger partial charge in [0.1, 0.15) is 5.01 Å². The molecular formula is C14H23N3O2S. The average Bonchev–Trinajstić information content (AvgIpc) is 2.83. The highest BCUT2D eigenvalue weighted by Crippen LogP contribution is 2.33. The van der Waals surface area contributed by atoms with Gasteiger partial charge in [0.25, 0.3) is 0 Å². The molecule has 1 N–H and O–H groups in total. The average molecular weight is 297 g/mol. The van der Waals surface area contributed by atoms with Crippen LogP contribution in [0, 0.1) is 6.92 Å². The van der Waals surface area contributed by atoms with Crippen LogP contribution < -0.4 is 5.32 Å².